The molecule has 0 saturated carbocycles. The molecule has 0 aliphatic carbocycles. The van der Waals surface area contributed by atoms with Crippen LogP contribution in [0.5, 0.6) is 0 Å². The Morgan fingerprint density at radius 1 is 1.10 bits per heavy atom. The summed E-state index contributed by atoms with van der Waals surface area (Å²) in [7, 11) is 0. The van der Waals surface area contributed by atoms with Crippen LogP contribution >= 0.6 is 0 Å². The molecule has 6 nitrogen and oxygen atoms in total. The smallest absolute Gasteiger partial charge is 0.320 e. The van der Waals surface area contributed by atoms with E-state index in [2.05, 4.69) is 18.7 Å². The standard InChI is InChI=1S/C15H27N3O3/c1-3-16(4-2)13-7-9-18(11-13)15(21)17-8-5-6-12(10-17)14(19)20/h12-13H,3-11H2,1-2H3,(H,19,20). The molecule has 0 aromatic rings. The number of piperidine rings is 1. The molecular formula is C15H27N3O3. The van der Waals surface area contributed by atoms with Gasteiger partial charge in [-0.15, -0.1) is 0 Å². The summed E-state index contributed by atoms with van der Waals surface area (Å²) in [5, 5.41) is 9.12. The van der Waals surface area contributed by atoms with Crippen LogP contribution in [0.15, 0.2) is 0 Å². The lowest BCUT2D eigenvalue weighted by atomic mass is 9.99. The molecule has 0 spiro atoms. The Kier molecular flexibility index (Phi) is 5.45. The molecule has 2 heterocycles. The number of likely N-dealkylation sites (N-methyl/N-ethyl adjacent to an activating group) is 1. The number of aliphatic carboxylic acids is 1. The van der Waals surface area contributed by atoms with Gasteiger partial charge in [0.05, 0.1) is 5.92 Å². The van der Waals surface area contributed by atoms with E-state index in [0.717, 1.165) is 39.0 Å². The average molecular weight is 297 g/mol. The third kappa shape index (κ3) is 3.67. The number of amides is 2. The monoisotopic (exact) mass is 297 g/mol. The van der Waals surface area contributed by atoms with E-state index in [-0.39, 0.29) is 6.03 Å². The highest BCUT2D eigenvalue weighted by molar-refractivity contribution is 5.77. The summed E-state index contributed by atoms with van der Waals surface area (Å²) >= 11 is 0. The normalized spacial score (nSPS) is 26.4. The van der Waals surface area contributed by atoms with Gasteiger partial charge in [-0.3, -0.25) is 9.69 Å². The molecule has 0 radical (unpaired) electrons. The Morgan fingerprint density at radius 3 is 2.38 bits per heavy atom. The van der Waals surface area contributed by atoms with Crippen LogP contribution in [0.25, 0.3) is 0 Å². The van der Waals surface area contributed by atoms with Crippen molar-refractivity contribution >= 4 is 12.0 Å². The topological polar surface area (TPSA) is 64.1 Å². The fourth-order valence-corrected chi connectivity index (χ4v) is 3.51. The highest BCUT2D eigenvalue weighted by Gasteiger charge is 2.34. The van der Waals surface area contributed by atoms with E-state index in [1.807, 2.05) is 4.90 Å². The van der Waals surface area contributed by atoms with E-state index in [0.29, 0.717) is 25.6 Å². The van der Waals surface area contributed by atoms with Gasteiger partial charge in [0, 0.05) is 32.2 Å². The highest BCUT2D eigenvalue weighted by atomic mass is 16.4. The zero-order valence-electron chi connectivity index (χ0n) is 13.1. The van der Waals surface area contributed by atoms with Crippen molar-refractivity contribution < 1.29 is 14.7 Å². The van der Waals surface area contributed by atoms with E-state index < -0.39 is 11.9 Å². The zero-order valence-corrected chi connectivity index (χ0v) is 13.1. The van der Waals surface area contributed by atoms with Gasteiger partial charge in [-0.05, 0) is 32.4 Å². The van der Waals surface area contributed by atoms with Crippen LogP contribution in [0.3, 0.4) is 0 Å². The van der Waals surface area contributed by atoms with Gasteiger partial charge in [-0.25, -0.2) is 4.79 Å². The molecule has 1 N–H and O–H groups in total. The number of carboxylic acid groups (broad SMARTS) is 1. The second-order valence-electron chi connectivity index (χ2n) is 6.02. The maximum Gasteiger partial charge on any atom is 0.320 e. The maximum absolute atomic E-state index is 12.6. The largest absolute Gasteiger partial charge is 0.481 e. The first kappa shape index (κ1) is 16.1. The molecule has 2 aliphatic rings. The Hall–Kier alpha value is -1.30. The van der Waals surface area contributed by atoms with Crippen molar-refractivity contribution in [2.45, 2.75) is 39.2 Å². The molecule has 2 unspecified atom stereocenters. The maximum atomic E-state index is 12.6. The van der Waals surface area contributed by atoms with Gasteiger partial charge in [0.2, 0.25) is 0 Å². The quantitative estimate of drug-likeness (QED) is 0.850. The first-order valence-electron chi connectivity index (χ1n) is 8.07. The summed E-state index contributed by atoms with van der Waals surface area (Å²) in [4.78, 5) is 29.7. The predicted octanol–water partition coefficient (Wildman–Crippen LogP) is 1.32. The van der Waals surface area contributed by atoms with Crippen molar-refractivity contribution in [3.63, 3.8) is 0 Å². The highest BCUT2D eigenvalue weighted by Crippen LogP contribution is 2.21. The molecule has 0 bridgehead atoms. The molecular weight excluding hydrogens is 270 g/mol. The number of carbonyl (C=O) groups is 2. The number of likely N-dealkylation sites (tertiary alicyclic amines) is 2. The van der Waals surface area contributed by atoms with E-state index in [9.17, 15) is 9.59 Å². The SMILES string of the molecule is CCN(CC)C1CCN(C(=O)N2CCCC(C(=O)O)C2)C1. The molecule has 2 fully saturated rings. The van der Waals surface area contributed by atoms with Crippen molar-refractivity contribution in [3.05, 3.63) is 0 Å². The summed E-state index contributed by atoms with van der Waals surface area (Å²) in [5.74, 6) is -1.18. The number of urea groups is 1. The molecule has 2 saturated heterocycles. The molecule has 2 aliphatic heterocycles. The van der Waals surface area contributed by atoms with E-state index in [1.54, 1.807) is 4.90 Å². The Morgan fingerprint density at radius 2 is 1.76 bits per heavy atom. The van der Waals surface area contributed by atoms with Crippen molar-refractivity contribution in [2.24, 2.45) is 5.92 Å². The van der Waals surface area contributed by atoms with Gasteiger partial charge >= 0.3 is 12.0 Å². The van der Waals surface area contributed by atoms with Crippen molar-refractivity contribution in [3.8, 4) is 0 Å². The fraction of sp³-hybridized carbons (Fsp3) is 0.867. The molecule has 2 rings (SSSR count). The van der Waals surface area contributed by atoms with Crippen molar-refractivity contribution in [2.75, 3.05) is 39.3 Å². The summed E-state index contributed by atoms with van der Waals surface area (Å²) in [5.41, 5.74) is 0. The van der Waals surface area contributed by atoms with Crippen molar-refractivity contribution in [1.82, 2.24) is 14.7 Å². The van der Waals surface area contributed by atoms with Crippen LogP contribution in [-0.4, -0.2) is 77.1 Å². The summed E-state index contributed by atoms with van der Waals surface area (Å²) < 4.78 is 0. The molecule has 6 heteroatoms. The fourth-order valence-electron chi connectivity index (χ4n) is 3.51. The van der Waals surface area contributed by atoms with Crippen LogP contribution in [0.1, 0.15) is 33.1 Å². The van der Waals surface area contributed by atoms with Gasteiger partial charge in [0.25, 0.3) is 0 Å². The van der Waals surface area contributed by atoms with Crippen molar-refractivity contribution in [1.29, 1.82) is 0 Å². The number of hydrogen-bond donors (Lipinski definition) is 1. The first-order chi connectivity index (χ1) is 10.1. The van der Waals surface area contributed by atoms with Crippen LogP contribution in [-0.2, 0) is 4.79 Å². The van der Waals surface area contributed by atoms with Crippen LogP contribution < -0.4 is 0 Å². The molecule has 2 atom stereocenters. The van der Waals surface area contributed by atoms with E-state index in [1.165, 1.54) is 0 Å². The number of carbonyl (C=O) groups excluding carboxylic acids is 1. The predicted molar refractivity (Wildman–Crippen MR) is 80.2 cm³/mol. The summed E-state index contributed by atoms with van der Waals surface area (Å²) in [6.07, 6.45) is 2.49. The Bertz CT molecular complexity index is 384. The summed E-state index contributed by atoms with van der Waals surface area (Å²) in [6, 6.07) is 0.472. The molecule has 120 valence electrons. The molecule has 0 aromatic heterocycles. The molecule has 21 heavy (non-hydrogen) atoms. The van der Waals surface area contributed by atoms with Gasteiger partial charge < -0.3 is 14.9 Å². The van der Waals surface area contributed by atoms with Gasteiger partial charge in [-0.2, -0.15) is 0 Å². The minimum atomic E-state index is -0.782. The average Bonchev–Trinajstić information content (AvgIpc) is 2.97. The van der Waals surface area contributed by atoms with E-state index >= 15 is 0 Å². The zero-order chi connectivity index (χ0) is 15.4. The second-order valence-corrected chi connectivity index (χ2v) is 6.02. The van der Waals surface area contributed by atoms with Gasteiger partial charge in [0.1, 0.15) is 0 Å². The lowest BCUT2D eigenvalue weighted by Gasteiger charge is -2.34. The van der Waals surface area contributed by atoms with Gasteiger partial charge in [-0.1, -0.05) is 13.8 Å². The molecule has 0 aromatic carbocycles. The lowest BCUT2D eigenvalue weighted by Crippen LogP contribution is -2.49. The van der Waals surface area contributed by atoms with Gasteiger partial charge in [0.15, 0.2) is 0 Å². The Balaban J connectivity index is 1.90. The number of rotatable bonds is 4. The second kappa shape index (κ2) is 7.11. The first-order valence-corrected chi connectivity index (χ1v) is 8.07. The molecule has 2 amide bonds. The third-order valence-electron chi connectivity index (χ3n) is 4.80. The van der Waals surface area contributed by atoms with Crippen LogP contribution in [0, 0.1) is 5.92 Å². The summed E-state index contributed by atoms with van der Waals surface area (Å²) in [6.45, 7) is 8.92. The number of carboxylic acids is 1. The number of hydrogen-bond acceptors (Lipinski definition) is 3. The number of nitrogens with zero attached hydrogens (tertiary/aromatic N) is 3. The minimum absolute atomic E-state index is 0.0237. The van der Waals surface area contributed by atoms with Crippen LogP contribution in [0.4, 0.5) is 4.79 Å². The lowest BCUT2D eigenvalue weighted by molar-refractivity contribution is -0.143. The van der Waals surface area contributed by atoms with Crippen LogP contribution in [0.2, 0.25) is 0 Å². The third-order valence-corrected chi connectivity index (χ3v) is 4.80. The Labute approximate surface area is 126 Å². The minimum Gasteiger partial charge on any atom is -0.481 e. The van der Waals surface area contributed by atoms with E-state index in [4.69, 9.17) is 5.11 Å².